The first-order chi connectivity index (χ1) is 10.1. The molecule has 0 aromatic heterocycles. The summed E-state index contributed by atoms with van der Waals surface area (Å²) < 4.78 is 10.2. The molecule has 1 N–H and O–H groups in total. The second kappa shape index (κ2) is 7.11. The molecule has 0 radical (unpaired) electrons. The minimum atomic E-state index is -0.468. The highest BCUT2D eigenvalue weighted by Gasteiger charge is 2.18. The number of amides is 1. The molecule has 0 atom stereocenters. The Balaban J connectivity index is 1.95. The van der Waals surface area contributed by atoms with E-state index in [2.05, 4.69) is 5.32 Å². The van der Waals surface area contributed by atoms with Crippen LogP contribution in [0.15, 0.2) is 18.2 Å². The summed E-state index contributed by atoms with van der Waals surface area (Å²) in [5.41, 5.74) is 1.27. The summed E-state index contributed by atoms with van der Waals surface area (Å²) in [6.07, 6.45) is 4.39. The molecule has 1 amide bonds. The van der Waals surface area contributed by atoms with Gasteiger partial charge in [0, 0.05) is 6.04 Å². The Labute approximate surface area is 124 Å². The van der Waals surface area contributed by atoms with Gasteiger partial charge in [0.05, 0.1) is 7.11 Å². The molecule has 5 nitrogen and oxygen atoms in total. The molecule has 0 heterocycles. The summed E-state index contributed by atoms with van der Waals surface area (Å²) in [4.78, 5) is 23.5. The fraction of sp³-hybridized carbons (Fsp3) is 0.500. The minimum absolute atomic E-state index is 0.0937. The molecule has 1 fully saturated rings. The number of hydrogen-bond acceptors (Lipinski definition) is 4. The number of carbonyl (C=O) groups is 2. The van der Waals surface area contributed by atoms with Crippen LogP contribution in [0.3, 0.4) is 0 Å². The van der Waals surface area contributed by atoms with Crippen molar-refractivity contribution in [3.05, 3.63) is 29.3 Å². The smallest absolute Gasteiger partial charge is 0.341 e. The van der Waals surface area contributed by atoms with Gasteiger partial charge in [0.25, 0.3) is 5.91 Å². The number of aryl methyl sites for hydroxylation is 1. The number of benzene rings is 1. The van der Waals surface area contributed by atoms with E-state index in [-0.39, 0.29) is 18.6 Å². The van der Waals surface area contributed by atoms with Gasteiger partial charge in [-0.3, -0.25) is 4.79 Å². The van der Waals surface area contributed by atoms with Crippen LogP contribution >= 0.6 is 0 Å². The first-order valence-electron chi connectivity index (χ1n) is 7.21. The Bertz CT molecular complexity index is 521. The number of hydrogen-bond donors (Lipinski definition) is 1. The standard InChI is InChI=1S/C16H21NO4/c1-11-7-8-14(13(9-11)16(19)20-2)21-10-15(18)17-12-5-3-4-6-12/h7-9,12H,3-6,10H2,1-2H3,(H,17,18). The van der Waals surface area contributed by atoms with Gasteiger partial charge in [-0.05, 0) is 31.9 Å². The van der Waals surface area contributed by atoms with Gasteiger partial charge in [-0.15, -0.1) is 0 Å². The van der Waals surface area contributed by atoms with Crippen molar-refractivity contribution in [2.75, 3.05) is 13.7 Å². The lowest BCUT2D eigenvalue weighted by Gasteiger charge is -2.14. The second-order valence-corrected chi connectivity index (χ2v) is 5.33. The monoisotopic (exact) mass is 291 g/mol. The molecular weight excluding hydrogens is 270 g/mol. The number of nitrogens with one attached hydrogen (secondary N) is 1. The SMILES string of the molecule is COC(=O)c1cc(C)ccc1OCC(=O)NC1CCCC1. The van der Waals surface area contributed by atoms with Crippen molar-refractivity contribution < 1.29 is 19.1 Å². The first kappa shape index (κ1) is 15.4. The van der Waals surface area contributed by atoms with Gasteiger partial charge in [0.1, 0.15) is 11.3 Å². The van der Waals surface area contributed by atoms with E-state index in [1.54, 1.807) is 12.1 Å². The Morgan fingerprint density at radius 1 is 1.29 bits per heavy atom. The van der Waals surface area contributed by atoms with E-state index in [4.69, 9.17) is 9.47 Å². The molecule has 1 aliphatic rings. The Morgan fingerprint density at radius 2 is 2.00 bits per heavy atom. The molecule has 5 heteroatoms. The molecule has 0 saturated heterocycles. The van der Waals surface area contributed by atoms with Crippen LogP contribution in [0, 0.1) is 6.92 Å². The summed E-state index contributed by atoms with van der Waals surface area (Å²) in [5, 5.41) is 2.94. The van der Waals surface area contributed by atoms with E-state index >= 15 is 0 Å². The number of rotatable bonds is 5. The van der Waals surface area contributed by atoms with Crippen molar-refractivity contribution >= 4 is 11.9 Å². The van der Waals surface area contributed by atoms with Crippen molar-refractivity contribution in [2.24, 2.45) is 0 Å². The van der Waals surface area contributed by atoms with Crippen LogP contribution in [-0.4, -0.2) is 31.6 Å². The van der Waals surface area contributed by atoms with Crippen LogP contribution in [-0.2, 0) is 9.53 Å². The maximum atomic E-state index is 11.8. The number of esters is 1. The van der Waals surface area contributed by atoms with Gasteiger partial charge in [0.15, 0.2) is 6.61 Å². The zero-order valence-electron chi connectivity index (χ0n) is 12.5. The third kappa shape index (κ3) is 4.21. The number of carbonyl (C=O) groups excluding carboxylic acids is 2. The van der Waals surface area contributed by atoms with Gasteiger partial charge in [-0.1, -0.05) is 24.5 Å². The maximum absolute atomic E-state index is 11.8. The highest BCUT2D eigenvalue weighted by atomic mass is 16.5. The van der Waals surface area contributed by atoms with Crippen LogP contribution in [0.4, 0.5) is 0 Å². The summed E-state index contributed by atoms with van der Waals surface area (Å²) >= 11 is 0. The fourth-order valence-electron chi connectivity index (χ4n) is 2.52. The van der Waals surface area contributed by atoms with Crippen molar-refractivity contribution in [1.82, 2.24) is 5.32 Å². The van der Waals surface area contributed by atoms with Gasteiger partial charge in [-0.2, -0.15) is 0 Å². The summed E-state index contributed by atoms with van der Waals surface area (Å²) in [6.45, 7) is 1.78. The topological polar surface area (TPSA) is 64.6 Å². The molecule has 1 aliphatic carbocycles. The molecule has 0 aliphatic heterocycles. The molecule has 1 saturated carbocycles. The number of ether oxygens (including phenoxy) is 2. The summed E-state index contributed by atoms with van der Waals surface area (Å²) in [7, 11) is 1.32. The molecule has 2 rings (SSSR count). The Hall–Kier alpha value is -2.04. The van der Waals surface area contributed by atoms with Crippen molar-refractivity contribution in [3.63, 3.8) is 0 Å². The van der Waals surface area contributed by atoms with Crippen LogP contribution in [0.25, 0.3) is 0 Å². The van der Waals surface area contributed by atoms with Gasteiger partial charge in [0.2, 0.25) is 0 Å². The summed E-state index contributed by atoms with van der Waals surface area (Å²) in [5.74, 6) is -0.253. The molecular formula is C16H21NO4. The molecule has 1 aromatic carbocycles. The van der Waals surface area contributed by atoms with Gasteiger partial charge >= 0.3 is 5.97 Å². The van der Waals surface area contributed by atoms with Crippen LogP contribution < -0.4 is 10.1 Å². The first-order valence-corrected chi connectivity index (χ1v) is 7.21. The van der Waals surface area contributed by atoms with E-state index < -0.39 is 5.97 Å². The van der Waals surface area contributed by atoms with Crippen LogP contribution in [0.5, 0.6) is 5.75 Å². The highest BCUT2D eigenvalue weighted by molar-refractivity contribution is 5.92. The zero-order chi connectivity index (χ0) is 15.2. The van der Waals surface area contributed by atoms with E-state index in [1.165, 1.54) is 7.11 Å². The van der Waals surface area contributed by atoms with Gasteiger partial charge in [-0.25, -0.2) is 4.79 Å². The quantitative estimate of drug-likeness (QED) is 0.845. The van der Waals surface area contributed by atoms with Crippen molar-refractivity contribution in [2.45, 2.75) is 38.6 Å². The lowest BCUT2D eigenvalue weighted by atomic mass is 10.1. The van der Waals surface area contributed by atoms with E-state index in [9.17, 15) is 9.59 Å². The normalized spacial score (nSPS) is 14.8. The highest BCUT2D eigenvalue weighted by Crippen LogP contribution is 2.21. The molecule has 0 bridgehead atoms. The van der Waals surface area contributed by atoms with Crippen LogP contribution in [0.2, 0.25) is 0 Å². The lowest BCUT2D eigenvalue weighted by molar-refractivity contribution is -0.123. The fourth-order valence-corrected chi connectivity index (χ4v) is 2.52. The maximum Gasteiger partial charge on any atom is 0.341 e. The van der Waals surface area contributed by atoms with Crippen molar-refractivity contribution in [1.29, 1.82) is 0 Å². The molecule has 0 unspecified atom stereocenters. The largest absolute Gasteiger partial charge is 0.483 e. The number of methoxy groups -OCH3 is 1. The predicted octanol–water partition coefficient (Wildman–Crippen LogP) is 2.22. The average molecular weight is 291 g/mol. The predicted molar refractivity (Wildman–Crippen MR) is 78.4 cm³/mol. The molecule has 114 valence electrons. The van der Waals surface area contributed by atoms with Crippen LogP contribution in [0.1, 0.15) is 41.6 Å². The second-order valence-electron chi connectivity index (χ2n) is 5.33. The molecule has 21 heavy (non-hydrogen) atoms. The zero-order valence-corrected chi connectivity index (χ0v) is 12.5. The third-order valence-electron chi connectivity index (χ3n) is 3.62. The average Bonchev–Trinajstić information content (AvgIpc) is 2.98. The molecule has 0 spiro atoms. The van der Waals surface area contributed by atoms with E-state index in [0.29, 0.717) is 11.3 Å². The lowest BCUT2D eigenvalue weighted by Crippen LogP contribution is -2.36. The summed E-state index contributed by atoms with van der Waals surface area (Å²) in [6, 6.07) is 5.47. The minimum Gasteiger partial charge on any atom is -0.483 e. The van der Waals surface area contributed by atoms with E-state index in [0.717, 1.165) is 31.2 Å². The Morgan fingerprint density at radius 3 is 2.67 bits per heavy atom. The van der Waals surface area contributed by atoms with Crippen molar-refractivity contribution in [3.8, 4) is 5.75 Å². The van der Waals surface area contributed by atoms with Gasteiger partial charge < -0.3 is 14.8 Å². The molecule has 1 aromatic rings. The third-order valence-corrected chi connectivity index (χ3v) is 3.62. The van der Waals surface area contributed by atoms with E-state index in [1.807, 2.05) is 13.0 Å². The Kier molecular flexibility index (Phi) is 5.20.